The molecular formula is C26H33F3O. The molecule has 0 spiro atoms. The van der Waals surface area contributed by atoms with Crippen LogP contribution in [0.3, 0.4) is 0 Å². The van der Waals surface area contributed by atoms with Crippen molar-refractivity contribution in [3.8, 4) is 5.75 Å². The number of unbranched alkanes of at least 4 members (excludes halogenated alkanes) is 2. The van der Waals surface area contributed by atoms with Gasteiger partial charge in [0, 0.05) is 0 Å². The third-order valence-electron chi connectivity index (χ3n) is 7.72. The largest absolute Gasteiger partial charge is 0.494 e. The third-order valence-corrected chi connectivity index (χ3v) is 7.72. The van der Waals surface area contributed by atoms with Crippen LogP contribution in [0.4, 0.5) is 13.2 Å². The zero-order chi connectivity index (χ0) is 21.3. The predicted octanol–water partition coefficient (Wildman–Crippen LogP) is 8.15. The molecule has 4 rings (SSSR count). The van der Waals surface area contributed by atoms with E-state index in [-0.39, 0.29) is 17.1 Å². The van der Waals surface area contributed by atoms with Gasteiger partial charge in [-0.1, -0.05) is 51.2 Å². The van der Waals surface area contributed by atoms with Gasteiger partial charge >= 0.3 is 0 Å². The van der Waals surface area contributed by atoms with Crippen molar-refractivity contribution >= 4 is 10.8 Å². The molecule has 164 valence electrons. The molecule has 0 N–H and O–H groups in total. The molecule has 0 aromatic heterocycles. The second kappa shape index (κ2) is 9.20. The van der Waals surface area contributed by atoms with E-state index in [1.54, 1.807) is 12.1 Å². The SMILES string of the molecule is CCCCCC1CCC2CC(c3ccc4cc(OC)c(F)c(F)c4c3F)CCC2C1. The number of hydrogen-bond donors (Lipinski definition) is 0. The molecule has 2 saturated carbocycles. The standard InChI is InChI=1S/C26H33F3O/c1-3-4-5-6-16-7-8-18-14-19(10-9-17(18)13-16)21-12-11-20-15-22(30-2)25(28)26(29)23(20)24(21)27/h11-12,15-19H,3-10,13-14H2,1-2H3. The zero-order valence-corrected chi connectivity index (χ0v) is 18.2. The van der Waals surface area contributed by atoms with Crippen LogP contribution < -0.4 is 4.74 Å². The number of ether oxygens (including phenoxy) is 1. The summed E-state index contributed by atoms with van der Waals surface area (Å²) in [5, 5.41) is 0.0980. The smallest absolute Gasteiger partial charge is 0.201 e. The second-order valence-electron chi connectivity index (χ2n) is 9.48. The first-order chi connectivity index (χ1) is 14.5. The summed E-state index contributed by atoms with van der Waals surface area (Å²) in [4.78, 5) is 0. The van der Waals surface area contributed by atoms with Gasteiger partial charge in [0.05, 0.1) is 12.5 Å². The number of halogens is 3. The summed E-state index contributed by atoms with van der Waals surface area (Å²) < 4.78 is 49.0. The molecule has 0 amide bonds. The highest BCUT2D eigenvalue weighted by atomic mass is 19.2. The van der Waals surface area contributed by atoms with E-state index in [4.69, 9.17) is 4.74 Å². The van der Waals surface area contributed by atoms with Crippen molar-refractivity contribution in [2.24, 2.45) is 17.8 Å². The number of rotatable bonds is 6. The lowest BCUT2D eigenvalue weighted by Crippen LogP contribution is -2.30. The van der Waals surface area contributed by atoms with Crippen LogP contribution >= 0.6 is 0 Å². The van der Waals surface area contributed by atoms with Gasteiger partial charge in [-0.05, 0) is 72.8 Å². The Morgan fingerprint density at radius 1 is 0.900 bits per heavy atom. The molecule has 4 unspecified atom stereocenters. The van der Waals surface area contributed by atoms with Gasteiger partial charge in [-0.15, -0.1) is 0 Å². The van der Waals surface area contributed by atoms with Crippen LogP contribution in [0.25, 0.3) is 10.8 Å². The van der Waals surface area contributed by atoms with Crippen LogP contribution in [0.15, 0.2) is 18.2 Å². The van der Waals surface area contributed by atoms with Gasteiger partial charge in [-0.2, -0.15) is 4.39 Å². The van der Waals surface area contributed by atoms with Crippen molar-refractivity contribution in [2.75, 3.05) is 7.11 Å². The maximum atomic E-state index is 15.3. The van der Waals surface area contributed by atoms with Crippen molar-refractivity contribution in [3.63, 3.8) is 0 Å². The lowest BCUT2D eigenvalue weighted by molar-refractivity contribution is 0.112. The van der Waals surface area contributed by atoms with Crippen LogP contribution in [-0.4, -0.2) is 7.11 Å². The van der Waals surface area contributed by atoms with Gasteiger partial charge in [0.25, 0.3) is 0 Å². The summed E-state index contributed by atoms with van der Waals surface area (Å²) >= 11 is 0. The van der Waals surface area contributed by atoms with Gasteiger partial charge in [0.1, 0.15) is 5.82 Å². The van der Waals surface area contributed by atoms with Crippen LogP contribution in [0, 0.1) is 35.2 Å². The highest BCUT2D eigenvalue weighted by Crippen LogP contribution is 2.49. The molecule has 2 aliphatic carbocycles. The zero-order valence-electron chi connectivity index (χ0n) is 18.2. The number of methoxy groups -OCH3 is 1. The monoisotopic (exact) mass is 418 g/mol. The van der Waals surface area contributed by atoms with E-state index in [1.165, 1.54) is 58.1 Å². The Kier molecular flexibility index (Phi) is 6.60. The van der Waals surface area contributed by atoms with E-state index in [0.29, 0.717) is 16.9 Å². The molecule has 4 heteroatoms. The van der Waals surface area contributed by atoms with Crippen LogP contribution in [-0.2, 0) is 0 Å². The minimum atomic E-state index is -1.15. The molecule has 0 radical (unpaired) electrons. The Morgan fingerprint density at radius 3 is 2.43 bits per heavy atom. The van der Waals surface area contributed by atoms with Crippen LogP contribution in [0.5, 0.6) is 5.75 Å². The molecule has 4 atom stereocenters. The number of benzene rings is 2. The summed E-state index contributed by atoms with van der Waals surface area (Å²) in [6.45, 7) is 2.25. The Labute approximate surface area is 178 Å². The molecule has 1 nitrogen and oxygen atoms in total. The third kappa shape index (κ3) is 4.07. The van der Waals surface area contributed by atoms with Crippen molar-refractivity contribution in [1.82, 2.24) is 0 Å². The van der Waals surface area contributed by atoms with Crippen molar-refractivity contribution in [1.29, 1.82) is 0 Å². The lowest BCUT2D eigenvalue weighted by atomic mass is 9.63. The summed E-state index contributed by atoms with van der Waals surface area (Å²) in [7, 11) is 1.28. The molecule has 30 heavy (non-hydrogen) atoms. The average molecular weight is 419 g/mol. The van der Waals surface area contributed by atoms with E-state index in [0.717, 1.165) is 31.1 Å². The average Bonchev–Trinajstić information content (AvgIpc) is 2.76. The molecule has 0 heterocycles. The Hall–Kier alpha value is -1.71. The maximum Gasteiger partial charge on any atom is 0.201 e. The van der Waals surface area contributed by atoms with E-state index in [9.17, 15) is 8.78 Å². The first-order valence-electron chi connectivity index (χ1n) is 11.7. The summed E-state index contributed by atoms with van der Waals surface area (Å²) in [5.74, 6) is -0.708. The molecule has 2 fully saturated rings. The van der Waals surface area contributed by atoms with Gasteiger partial charge in [0.2, 0.25) is 5.82 Å². The Bertz CT molecular complexity index is 894. The molecule has 2 aromatic rings. The lowest BCUT2D eigenvalue weighted by Gasteiger charge is -2.42. The predicted molar refractivity (Wildman–Crippen MR) is 115 cm³/mol. The molecule has 2 aliphatic rings. The summed E-state index contributed by atoms with van der Waals surface area (Å²) in [6.07, 6.45) is 12.2. The summed E-state index contributed by atoms with van der Waals surface area (Å²) in [6, 6.07) is 4.85. The van der Waals surface area contributed by atoms with Crippen LogP contribution in [0.2, 0.25) is 0 Å². The van der Waals surface area contributed by atoms with E-state index >= 15 is 4.39 Å². The first kappa shape index (κ1) is 21.5. The number of fused-ring (bicyclic) bond motifs is 2. The Balaban J connectivity index is 1.51. The minimum absolute atomic E-state index is 0.0943. The molecule has 0 aliphatic heterocycles. The first-order valence-corrected chi connectivity index (χ1v) is 11.7. The maximum absolute atomic E-state index is 15.3. The van der Waals surface area contributed by atoms with E-state index in [1.807, 2.05) is 0 Å². The van der Waals surface area contributed by atoms with Crippen molar-refractivity contribution in [3.05, 3.63) is 41.2 Å². The molecule has 0 saturated heterocycles. The van der Waals surface area contributed by atoms with Gasteiger partial charge < -0.3 is 4.74 Å². The fourth-order valence-corrected chi connectivity index (χ4v) is 6.05. The molecule has 2 aromatic carbocycles. The fourth-order valence-electron chi connectivity index (χ4n) is 6.05. The normalized spacial score (nSPS) is 26.6. The van der Waals surface area contributed by atoms with Crippen LogP contribution in [0.1, 0.15) is 82.6 Å². The molecular weight excluding hydrogens is 385 g/mol. The minimum Gasteiger partial charge on any atom is -0.494 e. The summed E-state index contributed by atoms with van der Waals surface area (Å²) in [5.41, 5.74) is 0.550. The molecule has 0 bridgehead atoms. The van der Waals surface area contributed by atoms with Gasteiger partial charge in [-0.25, -0.2) is 8.78 Å². The quantitative estimate of drug-likeness (QED) is 0.430. The van der Waals surface area contributed by atoms with Crippen molar-refractivity contribution in [2.45, 2.75) is 77.0 Å². The highest BCUT2D eigenvalue weighted by Gasteiger charge is 2.36. The highest BCUT2D eigenvalue weighted by molar-refractivity contribution is 5.86. The topological polar surface area (TPSA) is 9.23 Å². The van der Waals surface area contributed by atoms with E-state index < -0.39 is 17.5 Å². The Morgan fingerprint density at radius 2 is 1.67 bits per heavy atom. The van der Waals surface area contributed by atoms with Gasteiger partial charge in [-0.3, -0.25) is 0 Å². The van der Waals surface area contributed by atoms with E-state index in [2.05, 4.69) is 6.92 Å². The van der Waals surface area contributed by atoms with Gasteiger partial charge in [0.15, 0.2) is 11.6 Å². The van der Waals surface area contributed by atoms with Crippen molar-refractivity contribution < 1.29 is 17.9 Å². The fraction of sp³-hybridized carbons (Fsp3) is 0.615. The number of hydrogen-bond acceptors (Lipinski definition) is 1. The second-order valence-corrected chi connectivity index (χ2v) is 9.48.